The fraction of sp³-hybridized carbons (Fsp3) is 0.458. The molecule has 0 radical (unpaired) electrons. The smallest absolute Gasteiger partial charge is 0.410 e. The molecule has 1 fully saturated rings. The van der Waals surface area contributed by atoms with E-state index >= 15 is 0 Å². The van der Waals surface area contributed by atoms with Crippen molar-refractivity contribution in [3.8, 4) is 11.1 Å². The van der Waals surface area contributed by atoms with Crippen molar-refractivity contribution in [2.45, 2.75) is 51.7 Å². The van der Waals surface area contributed by atoms with Gasteiger partial charge in [-0.2, -0.15) is 0 Å². The SMILES string of the molecule is CC(C)C1(CCCO)CCN([C@@H](C)c2ccc(-c3ccc(F)cc3F)cc2)C(=O)O1. The minimum atomic E-state index is -0.610. The zero-order valence-electron chi connectivity index (χ0n) is 17.7. The Morgan fingerprint density at radius 1 is 1.13 bits per heavy atom. The number of aliphatic hydroxyl groups is 1. The van der Waals surface area contributed by atoms with E-state index in [0.717, 1.165) is 11.6 Å². The minimum absolute atomic E-state index is 0.0765. The summed E-state index contributed by atoms with van der Waals surface area (Å²) in [6, 6.07) is 10.6. The summed E-state index contributed by atoms with van der Waals surface area (Å²) < 4.78 is 33.1. The fourth-order valence-electron chi connectivity index (χ4n) is 4.13. The zero-order chi connectivity index (χ0) is 21.9. The Morgan fingerprint density at radius 3 is 2.40 bits per heavy atom. The predicted octanol–water partition coefficient (Wildman–Crippen LogP) is 5.70. The summed E-state index contributed by atoms with van der Waals surface area (Å²) in [5.41, 5.74) is 1.34. The summed E-state index contributed by atoms with van der Waals surface area (Å²) in [6.45, 7) is 6.66. The monoisotopic (exact) mass is 417 g/mol. The molecule has 2 atom stereocenters. The van der Waals surface area contributed by atoms with Gasteiger partial charge in [0.05, 0.1) is 6.04 Å². The van der Waals surface area contributed by atoms with Crippen LogP contribution >= 0.6 is 0 Å². The van der Waals surface area contributed by atoms with E-state index in [9.17, 15) is 18.7 Å². The first-order valence-corrected chi connectivity index (χ1v) is 10.4. The molecule has 1 aliphatic rings. The van der Waals surface area contributed by atoms with Gasteiger partial charge in [0.1, 0.15) is 17.2 Å². The van der Waals surface area contributed by atoms with Crippen LogP contribution in [0.25, 0.3) is 11.1 Å². The highest BCUT2D eigenvalue weighted by Gasteiger charge is 2.43. The van der Waals surface area contributed by atoms with Crippen LogP contribution in [-0.4, -0.2) is 34.9 Å². The van der Waals surface area contributed by atoms with Crippen molar-refractivity contribution in [1.82, 2.24) is 4.90 Å². The number of ether oxygens (including phenoxy) is 1. The van der Waals surface area contributed by atoms with Crippen molar-refractivity contribution >= 4 is 6.09 Å². The lowest BCUT2D eigenvalue weighted by Gasteiger charge is -2.45. The minimum Gasteiger partial charge on any atom is -0.442 e. The van der Waals surface area contributed by atoms with Gasteiger partial charge in [-0.1, -0.05) is 38.1 Å². The molecule has 0 aliphatic carbocycles. The van der Waals surface area contributed by atoms with E-state index in [-0.39, 0.29) is 24.7 Å². The Balaban J connectivity index is 1.74. The number of rotatable bonds is 7. The maximum atomic E-state index is 14.0. The number of cyclic esters (lactones) is 1. The maximum absolute atomic E-state index is 14.0. The maximum Gasteiger partial charge on any atom is 0.410 e. The predicted molar refractivity (Wildman–Crippen MR) is 112 cm³/mol. The molecule has 2 aromatic rings. The van der Waals surface area contributed by atoms with Crippen molar-refractivity contribution in [2.24, 2.45) is 5.92 Å². The summed E-state index contributed by atoms with van der Waals surface area (Å²) in [5.74, 6) is -1.06. The van der Waals surface area contributed by atoms with Gasteiger partial charge in [0.25, 0.3) is 0 Å². The van der Waals surface area contributed by atoms with E-state index in [1.165, 1.54) is 12.1 Å². The molecule has 0 saturated carbocycles. The summed E-state index contributed by atoms with van der Waals surface area (Å²) in [5, 5.41) is 9.19. The van der Waals surface area contributed by atoms with Gasteiger partial charge in [-0.05, 0) is 48.9 Å². The van der Waals surface area contributed by atoms with Crippen LogP contribution in [-0.2, 0) is 4.74 Å². The first-order chi connectivity index (χ1) is 14.3. The summed E-state index contributed by atoms with van der Waals surface area (Å²) in [7, 11) is 0. The lowest BCUT2D eigenvalue weighted by Crippen LogP contribution is -2.52. The molecule has 1 saturated heterocycles. The molecule has 1 amide bonds. The van der Waals surface area contributed by atoms with Gasteiger partial charge in [-0.15, -0.1) is 0 Å². The molecule has 1 heterocycles. The molecule has 1 N–H and O–H groups in total. The van der Waals surface area contributed by atoms with Crippen LogP contribution in [0.4, 0.5) is 13.6 Å². The number of aliphatic hydroxyl groups excluding tert-OH is 1. The molecule has 0 spiro atoms. The molecule has 3 rings (SSSR count). The number of benzene rings is 2. The van der Waals surface area contributed by atoms with Crippen molar-refractivity contribution in [3.63, 3.8) is 0 Å². The third-order valence-electron chi connectivity index (χ3n) is 6.21. The summed E-state index contributed by atoms with van der Waals surface area (Å²) >= 11 is 0. The Kier molecular flexibility index (Phi) is 6.76. The van der Waals surface area contributed by atoms with Crippen molar-refractivity contribution in [2.75, 3.05) is 13.2 Å². The third kappa shape index (κ3) is 4.48. The molecular weight excluding hydrogens is 388 g/mol. The molecule has 2 aromatic carbocycles. The molecular formula is C24H29F2NO3. The number of nitrogens with zero attached hydrogens (tertiary/aromatic N) is 1. The molecule has 0 aromatic heterocycles. The highest BCUT2D eigenvalue weighted by atomic mass is 19.1. The molecule has 4 nitrogen and oxygen atoms in total. The number of hydrogen-bond donors (Lipinski definition) is 1. The summed E-state index contributed by atoms with van der Waals surface area (Å²) in [4.78, 5) is 14.5. The second kappa shape index (κ2) is 9.13. The van der Waals surface area contributed by atoms with Gasteiger partial charge >= 0.3 is 6.09 Å². The van der Waals surface area contributed by atoms with E-state index < -0.39 is 17.2 Å². The van der Waals surface area contributed by atoms with Crippen LogP contribution in [0.2, 0.25) is 0 Å². The summed E-state index contributed by atoms with van der Waals surface area (Å²) in [6.07, 6.45) is 1.60. The van der Waals surface area contributed by atoms with Gasteiger partial charge in [0.15, 0.2) is 0 Å². The van der Waals surface area contributed by atoms with E-state index in [2.05, 4.69) is 0 Å². The Hall–Kier alpha value is -2.47. The van der Waals surface area contributed by atoms with Crippen LogP contribution in [0.3, 0.4) is 0 Å². The molecule has 6 heteroatoms. The number of carbonyl (C=O) groups excluding carboxylic acids is 1. The first kappa shape index (κ1) is 22.2. The first-order valence-electron chi connectivity index (χ1n) is 10.4. The van der Waals surface area contributed by atoms with Crippen LogP contribution in [0.15, 0.2) is 42.5 Å². The lowest BCUT2D eigenvalue weighted by molar-refractivity contribution is -0.0894. The molecule has 0 bridgehead atoms. The van der Waals surface area contributed by atoms with Gasteiger partial charge in [0.2, 0.25) is 0 Å². The van der Waals surface area contributed by atoms with Crippen molar-refractivity contribution in [1.29, 1.82) is 0 Å². The van der Waals surface area contributed by atoms with Crippen molar-refractivity contribution < 1.29 is 23.4 Å². The van der Waals surface area contributed by atoms with Crippen LogP contribution in [0.5, 0.6) is 0 Å². The number of hydrogen-bond acceptors (Lipinski definition) is 3. The highest BCUT2D eigenvalue weighted by Crippen LogP contribution is 2.38. The van der Waals surface area contributed by atoms with Crippen LogP contribution in [0.1, 0.15) is 51.6 Å². The standard InChI is InChI=1S/C24H29F2NO3/c1-16(2)24(11-4-14-28)12-13-27(23(29)30-24)17(3)18-5-7-19(8-6-18)21-10-9-20(25)15-22(21)26/h5-10,15-17,28H,4,11-14H2,1-3H3/t17-,24?/m0/s1. The average molecular weight is 417 g/mol. The molecule has 30 heavy (non-hydrogen) atoms. The molecule has 162 valence electrons. The van der Waals surface area contributed by atoms with Gasteiger partial charge in [0, 0.05) is 31.2 Å². The van der Waals surface area contributed by atoms with E-state index in [4.69, 9.17) is 4.74 Å². The normalized spacial score (nSPS) is 20.4. The fourth-order valence-corrected chi connectivity index (χ4v) is 4.13. The Bertz CT molecular complexity index is 885. The Labute approximate surface area is 176 Å². The third-order valence-corrected chi connectivity index (χ3v) is 6.21. The van der Waals surface area contributed by atoms with E-state index in [1.54, 1.807) is 17.0 Å². The van der Waals surface area contributed by atoms with E-state index in [1.807, 2.05) is 32.9 Å². The molecule has 1 unspecified atom stereocenters. The Morgan fingerprint density at radius 2 is 1.83 bits per heavy atom. The zero-order valence-corrected chi connectivity index (χ0v) is 17.7. The average Bonchev–Trinajstić information content (AvgIpc) is 2.72. The quantitative estimate of drug-likeness (QED) is 0.628. The van der Waals surface area contributed by atoms with Crippen LogP contribution < -0.4 is 0 Å². The van der Waals surface area contributed by atoms with Crippen molar-refractivity contribution in [3.05, 3.63) is 59.7 Å². The largest absolute Gasteiger partial charge is 0.442 e. The topological polar surface area (TPSA) is 49.8 Å². The van der Waals surface area contributed by atoms with Gasteiger partial charge in [-0.3, -0.25) is 0 Å². The number of halogens is 2. The van der Waals surface area contributed by atoms with Gasteiger partial charge in [-0.25, -0.2) is 13.6 Å². The number of amides is 1. The van der Waals surface area contributed by atoms with E-state index in [0.29, 0.717) is 36.9 Å². The second-order valence-corrected chi connectivity index (χ2v) is 8.28. The van der Waals surface area contributed by atoms with Gasteiger partial charge < -0.3 is 14.7 Å². The van der Waals surface area contributed by atoms with Crippen LogP contribution in [0, 0.1) is 17.6 Å². The molecule has 1 aliphatic heterocycles. The number of carbonyl (C=O) groups is 1. The second-order valence-electron chi connectivity index (χ2n) is 8.28. The lowest BCUT2D eigenvalue weighted by atomic mass is 9.81. The highest BCUT2D eigenvalue weighted by molar-refractivity contribution is 5.70.